The van der Waals surface area contributed by atoms with E-state index in [0.717, 1.165) is 44.7 Å². The molecule has 4 rings (SSSR count). The standard InChI is InChI=1S/C19H24F3N3O.ClH/c20-19(21,22)15-3-1-2-14(12-15)18(5-6-18)17(26)25-9-4-16(13-25)24-10-7-23-8-11-24;/h1-3,12,16,23H,4-11,13H2;1H. The van der Waals surface area contributed by atoms with Gasteiger partial charge in [0.25, 0.3) is 0 Å². The van der Waals surface area contributed by atoms with Crippen LogP contribution in [0.3, 0.4) is 0 Å². The molecule has 1 unspecified atom stereocenters. The summed E-state index contributed by atoms with van der Waals surface area (Å²) in [7, 11) is 0. The summed E-state index contributed by atoms with van der Waals surface area (Å²) < 4.78 is 39.1. The van der Waals surface area contributed by atoms with E-state index < -0.39 is 17.2 Å². The van der Waals surface area contributed by atoms with Gasteiger partial charge in [-0.05, 0) is 30.9 Å². The highest BCUT2D eigenvalue weighted by Gasteiger charge is 2.54. The molecule has 1 saturated carbocycles. The Morgan fingerprint density at radius 3 is 2.48 bits per heavy atom. The largest absolute Gasteiger partial charge is 0.416 e. The number of hydrogen-bond donors (Lipinski definition) is 1. The van der Waals surface area contributed by atoms with Crippen molar-refractivity contribution in [1.29, 1.82) is 0 Å². The lowest BCUT2D eigenvalue weighted by molar-refractivity contribution is -0.138. The minimum absolute atomic E-state index is 0. The number of benzene rings is 1. The minimum atomic E-state index is -4.38. The van der Waals surface area contributed by atoms with Gasteiger partial charge in [-0.1, -0.05) is 18.2 Å². The van der Waals surface area contributed by atoms with E-state index in [1.165, 1.54) is 6.07 Å². The number of halogens is 4. The molecule has 0 radical (unpaired) electrons. The molecule has 1 aromatic rings. The molecule has 1 aliphatic carbocycles. The average Bonchev–Trinajstić information content (AvgIpc) is 3.31. The molecule has 2 aliphatic heterocycles. The average molecular weight is 404 g/mol. The highest BCUT2D eigenvalue weighted by molar-refractivity contribution is 5.91. The lowest BCUT2D eigenvalue weighted by atomic mass is 9.92. The second-order valence-corrected chi connectivity index (χ2v) is 7.64. The SMILES string of the molecule is Cl.O=C(N1CCC(N2CCNCC2)C1)C1(c2cccc(C(F)(F)F)c2)CC1. The first kappa shape index (κ1) is 20.4. The number of likely N-dealkylation sites (tertiary alicyclic amines) is 1. The van der Waals surface area contributed by atoms with Crippen molar-refractivity contribution >= 4 is 18.3 Å². The molecule has 2 heterocycles. The number of nitrogens with zero attached hydrogens (tertiary/aromatic N) is 2. The van der Waals surface area contributed by atoms with Crippen molar-refractivity contribution in [1.82, 2.24) is 15.1 Å². The molecule has 3 fully saturated rings. The fourth-order valence-corrected chi connectivity index (χ4v) is 4.32. The number of nitrogens with one attached hydrogen (secondary N) is 1. The van der Waals surface area contributed by atoms with Crippen LogP contribution in [0.1, 0.15) is 30.4 Å². The first-order valence-corrected chi connectivity index (χ1v) is 9.32. The monoisotopic (exact) mass is 403 g/mol. The zero-order valence-corrected chi connectivity index (χ0v) is 15.9. The Morgan fingerprint density at radius 1 is 1.15 bits per heavy atom. The Balaban J connectivity index is 0.00000210. The summed E-state index contributed by atoms with van der Waals surface area (Å²) in [6, 6.07) is 5.69. The number of piperazine rings is 1. The number of amides is 1. The van der Waals surface area contributed by atoms with E-state index in [1.807, 2.05) is 4.90 Å². The summed E-state index contributed by atoms with van der Waals surface area (Å²) in [6.07, 6.45) is -2.15. The first-order valence-electron chi connectivity index (χ1n) is 9.32. The number of carbonyl (C=O) groups is 1. The first-order chi connectivity index (χ1) is 12.4. The maximum absolute atomic E-state index is 13.1. The predicted molar refractivity (Wildman–Crippen MR) is 99.0 cm³/mol. The normalized spacial score (nSPS) is 25.1. The molecule has 4 nitrogen and oxygen atoms in total. The predicted octanol–water partition coefficient (Wildman–Crippen LogP) is 2.66. The molecule has 0 spiro atoms. The van der Waals surface area contributed by atoms with Crippen molar-refractivity contribution in [2.75, 3.05) is 39.3 Å². The Kier molecular flexibility index (Phi) is 5.75. The second kappa shape index (κ2) is 7.60. The van der Waals surface area contributed by atoms with Crippen LogP contribution in [0.2, 0.25) is 0 Å². The van der Waals surface area contributed by atoms with Gasteiger partial charge < -0.3 is 10.2 Å². The molecule has 2 saturated heterocycles. The molecule has 8 heteroatoms. The van der Waals surface area contributed by atoms with Crippen molar-refractivity contribution < 1.29 is 18.0 Å². The maximum Gasteiger partial charge on any atom is 0.416 e. The van der Waals surface area contributed by atoms with Crippen LogP contribution >= 0.6 is 12.4 Å². The van der Waals surface area contributed by atoms with Crippen LogP contribution in [0.25, 0.3) is 0 Å². The Labute approximate surface area is 163 Å². The summed E-state index contributed by atoms with van der Waals surface area (Å²) in [4.78, 5) is 17.4. The van der Waals surface area contributed by atoms with Crippen LogP contribution in [0.15, 0.2) is 24.3 Å². The van der Waals surface area contributed by atoms with Gasteiger partial charge >= 0.3 is 6.18 Å². The third kappa shape index (κ3) is 3.96. The number of rotatable bonds is 3. The molecule has 150 valence electrons. The molecule has 27 heavy (non-hydrogen) atoms. The lowest BCUT2D eigenvalue weighted by Crippen LogP contribution is -2.49. The van der Waals surface area contributed by atoms with Gasteiger partial charge in [0, 0.05) is 45.3 Å². The summed E-state index contributed by atoms with van der Waals surface area (Å²) in [5.74, 6) is 0.00876. The summed E-state index contributed by atoms with van der Waals surface area (Å²) in [5.41, 5.74) is -0.892. The van der Waals surface area contributed by atoms with E-state index >= 15 is 0 Å². The van der Waals surface area contributed by atoms with Gasteiger partial charge in [-0.15, -0.1) is 12.4 Å². The van der Waals surface area contributed by atoms with E-state index in [0.29, 0.717) is 37.5 Å². The van der Waals surface area contributed by atoms with E-state index in [9.17, 15) is 18.0 Å². The van der Waals surface area contributed by atoms with Gasteiger partial charge in [0.1, 0.15) is 0 Å². The van der Waals surface area contributed by atoms with E-state index in [-0.39, 0.29) is 18.3 Å². The number of hydrogen-bond acceptors (Lipinski definition) is 3. The molecule has 0 aromatic heterocycles. The lowest BCUT2D eigenvalue weighted by Gasteiger charge is -2.33. The smallest absolute Gasteiger partial charge is 0.340 e. The van der Waals surface area contributed by atoms with Crippen LogP contribution in [0.5, 0.6) is 0 Å². The summed E-state index contributed by atoms with van der Waals surface area (Å²) in [6.45, 7) is 5.32. The van der Waals surface area contributed by atoms with Gasteiger partial charge in [-0.25, -0.2) is 0 Å². The molecule has 1 atom stereocenters. The van der Waals surface area contributed by atoms with Gasteiger partial charge in [-0.3, -0.25) is 9.69 Å². The third-order valence-corrected chi connectivity index (χ3v) is 6.02. The van der Waals surface area contributed by atoms with Crippen LogP contribution in [-0.2, 0) is 16.4 Å². The highest BCUT2D eigenvalue weighted by atomic mass is 35.5. The molecular formula is C19H25ClF3N3O. The van der Waals surface area contributed by atoms with E-state index in [4.69, 9.17) is 0 Å². The molecular weight excluding hydrogens is 379 g/mol. The van der Waals surface area contributed by atoms with Crippen molar-refractivity contribution in [2.45, 2.75) is 36.9 Å². The zero-order valence-electron chi connectivity index (χ0n) is 15.1. The maximum atomic E-state index is 13.1. The van der Waals surface area contributed by atoms with Gasteiger partial charge in [-0.2, -0.15) is 13.2 Å². The van der Waals surface area contributed by atoms with Crippen molar-refractivity contribution in [3.05, 3.63) is 35.4 Å². The van der Waals surface area contributed by atoms with Gasteiger partial charge in [0.2, 0.25) is 5.91 Å². The Bertz CT molecular complexity index is 687. The van der Waals surface area contributed by atoms with Crippen LogP contribution < -0.4 is 5.32 Å². The fraction of sp³-hybridized carbons (Fsp3) is 0.632. The zero-order chi connectivity index (χ0) is 18.4. The molecule has 1 N–H and O–H groups in total. The van der Waals surface area contributed by atoms with Gasteiger partial charge in [0.05, 0.1) is 11.0 Å². The topological polar surface area (TPSA) is 35.6 Å². The van der Waals surface area contributed by atoms with Crippen LogP contribution in [0.4, 0.5) is 13.2 Å². The van der Waals surface area contributed by atoms with E-state index in [1.54, 1.807) is 6.07 Å². The molecule has 0 bridgehead atoms. The van der Waals surface area contributed by atoms with Crippen LogP contribution in [-0.4, -0.2) is 61.0 Å². The summed E-state index contributed by atoms with van der Waals surface area (Å²) >= 11 is 0. The van der Waals surface area contributed by atoms with Gasteiger partial charge in [0.15, 0.2) is 0 Å². The van der Waals surface area contributed by atoms with Crippen molar-refractivity contribution in [2.24, 2.45) is 0 Å². The summed E-state index contributed by atoms with van der Waals surface area (Å²) in [5, 5.41) is 3.33. The molecule has 1 aromatic carbocycles. The van der Waals surface area contributed by atoms with E-state index in [2.05, 4.69) is 10.2 Å². The Morgan fingerprint density at radius 2 is 1.85 bits per heavy atom. The van der Waals surface area contributed by atoms with Crippen LogP contribution in [0, 0.1) is 0 Å². The fourth-order valence-electron chi connectivity index (χ4n) is 4.32. The van der Waals surface area contributed by atoms with Crippen molar-refractivity contribution in [3.8, 4) is 0 Å². The third-order valence-electron chi connectivity index (χ3n) is 6.02. The van der Waals surface area contributed by atoms with Crippen molar-refractivity contribution in [3.63, 3.8) is 0 Å². The minimum Gasteiger partial charge on any atom is -0.340 e. The molecule has 3 aliphatic rings. The number of alkyl halides is 3. The number of carbonyl (C=O) groups excluding carboxylic acids is 1. The second-order valence-electron chi connectivity index (χ2n) is 7.64. The molecule has 1 amide bonds. The highest BCUT2D eigenvalue weighted by Crippen LogP contribution is 2.51. The quantitative estimate of drug-likeness (QED) is 0.842. The Hall–Kier alpha value is -1.31.